The SMILES string of the molecule is CC(=O)C(C(=O)NCCc1ccccc1)C1CC1.CC(=O)C(C(=O)OCc1ccccc1)C1CC1.Cc1nc(-c2cccc(F)c2O)n(CCc2ccccc2)c(=O)c1C1CC1.O=C(CC1CC1)OCc1ccccc1.O=C(O)CC1CC1.O=CO[O-].[H-].[K+].[K+]. The Labute approximate surface area is 606 Å². The van der Waals surface area contributed by atoms with E-state index in [4.69, 9.17) is 24.6 Å². The number of ketones is 2. The maximum Gasteiger partial charge on any atom is 1.00 e. The van der Waals surface area contributed by atoms with Gasteiger partial charge in [-0.15, -0.1) is 0 Å². The molecule has 0 radical (unpaired) electrons. The Morgan fingerprint density at radius 2 is 1.12 bits per heavy atom. The summed E-state index contributed by atoms with van der Waals surface area (Å²) in [5.41, 5.74) is 5.87. The van der Waals surface area contributed by atoms with Gasteiger partial charge in [0.15, 0.2) is 11.6 Å². The molecule has 0 saturated heterocycles. The number of phenols is 1. The van der Waals surface area contributed by atoms with Gasteiger partial charge < -0.3 is 36.6 Å². The van der Waals surface area contributed by atoms with Crippen molar-refractivity contribution in [1.29, 1.82) is 0 Å². The number of benzene rings is 5. The largest absolute Gasteiger partial charge is 1.00 e. The van der Waals surface area contributed by atoms with E-state index < -0.39 is 29.4 Å². The van der Waals surface area contributed by atoms with Crippen LogP contribution in [-0.4, -0.2) is 68.2 Å². The number of carboxylic acids is 1. The molecule has 89 heavy (non-hydrogen) atoms. The molecule has 17 nitrogen and oxygen atoms in total. The summed E-state index contributed by atoms with van der Waals surface area (Å²) >= 11 is 0. The normalized spacial score (nSPS) is 14.7. The Kier molecular flexibility index (Phi) is 34.6. The molecule has 5 fully saturated rings. The molecule has 1 amide bonds. The van der Waals surface area contributed by atoms with Crippen molar-refractivity contribution in [2.45, 2.75) is 136 Å². The van der Waals surface area contributed by atoms with Gasteiger partial charge in [-0.2, -0.15) is 0 Å². The summed E-state index contributed by atoms with van der Waals surface area (Å²) in [4.78, 5) is 96.7. The molecule has 0 bridgehead atoms. The third kappa shape index (κ3) is 28.4. The second-order valence-corrected chi connectivity index (χ2v) is 22.5. The van der Waals surface area contributed by atoms with Crippen molar-refractivity contribution in [1.82, 2.24) is 14.9 Å². The van der Waals surface area contributed by atoms with E-state index in [9.17, 15) is 43.1 Å². The summed E-state index contributed by atoms with van der Waals surface area (Å²) in [5, 5.41) is 29.6. The Hall–Kier alpha value is -5.37. The van der Waals surface area contributed by atoms with Crippen LogP contribution in [0.1, 0.15) is 132 Å². The molecular weight excluding hydrogens is 1190 g/mol. The summed E-state index contributed by atoms with van der Waals surface area (Å²) in [6.45, 7) is 6.28. The monoisotopic (exact) mass is 1270 g/mol. The second kappa shape index (κ2) is 40.5. The Morgan fingerprint density at radius 1 is 0.663 bits per heavy atom. The van der Waals surface area contributed by atoms with Crippen molar-refractivity contribution in [3.63, 3.8) is 0 Å². The fourth-order valence-electron chi connectivity index (χ4n) is 9.62. The number of aromatic hydroxyl groups is 1. The molecule has 0 aliphatic heterocycles. The van der Waals surface area contributed by atoms with E-state index in [0.29, 0.717) is 68.2 Å². The number of nitrogens with one attached hydrogen (secondary N) is 1. The summed E-state index contributed by atoms with van der Waals surface area (Å²) in [6, 6.07) is 43.5. The van der Waals surface area contributed by atoms with Crippen molar-refractivity contribution in [3.8, 4) is 17.1 Å². The smallest absolute Gasteiger partial charge is 1.00 e. The van der Waals surface area contributed by atoms with Crippen LogP contribution >= 0.6 is 0 Å². The average molecular weight is 1270 g/mol. The second-order valence-electron chi connectivity index (χ2n) is 22.5. The van der Waals surface area contributed by atoms with E-state index in [1.807, 2.05) is 128 Å². The molecule has 11 rings (SSSR count). The van der Waals surface area contributed by atoms with Gasteiger partial charge in [0.2, 0.25) is 5.91 Å². The minimum atomic E-state index is -0.722. The summed E-state index contributed by atoms with van der Waals surface area (Å²) < 4.78 is 25.8. The van der Waals surface area contributed by atoms with Gasteiger partial charge in [0.1, 0.15) is 36.5 Å². The van der Waals surface area contributed by atoms with E-state index in [2.05, 4.69) is 15.2 Å². The van der Waals surface area contributed by atoms with Gasteiger partial charge in [0.05, 0.1) is 11.5 Å². The van der Waals surface area contributed by atoms with Crippen LogP contribution in [-0.2, 0) is 80.5 Å². The van der Waals surface area contributed by atoms with Crippen LogP contribution in [0, 0.1) is 48.2 Å². The predicted molar refractivity (Wildman–Crippen MR) is 322 cm³/mol. The van der Waals surface area contributed by atoms with Crippen molar-refractivity contribution < 1.29 is 172 Å². The van der Waals surface area contributed by atoms with Gasteiger partial charge in [0, 0.05) is 37.2 Å². The zero-order valence-corrected chi connectivity index (χ0v) is 57.9. The van der Waals surface area contributed by atoms with Crippen LogP contribution in [0.25, 0.3) is 11.4 Å². The fourth-order valence-corrected chi connectivity index (χ4v) is 9.62. The molecule has 1 heterocycles. The van der Waals surface area contributed by atoms with Crippen molar-refractivity contribution in [2.24, 2.45) is 35.5 Å². The van der Waals surface area contributed by atoms with Crippen molar-refractivity contribution >= 4 is 41.9 Å². The fraction of sp³-hybridized carbons (Fsp3) is 0.406. The molecule has 5 aliphatic rings. The molecule has 1 aromatic heterocycles. The first-order chi connectivity index (χ1) is 42.0. The number of carbonyl (C=O) groups excluding carboxylic acids is 6. The van der Waals surface area contributed by atoms with Gasteiger partial charge >= 0.3 is 121 Å². The molecule has 464 valence electrons. The molecule has 2 atom stereocenters. The first-order valence-corrected chi connectivity index (χ1v) is 29.8. The van der Waals surface area contributed by atoms with Crippen LogP contribution in [0.4, 0.5) is 4.39 Å². The number of aliphatic carboxylic acids is 1. The summed E-state index contributed by atoms with van der Waals surface area (Å²) in [6.07, 6.45) is 13.1. The van der Waals surface area contributed by atoms with E-state index in [1.54, 1.807) is 10.6 Å². The minimum absolute atomic E-state index is 0. The molecule has 20 heteroatoms. The summed E-state index contributed by atoms with van der Waals surface area (Å²) in [5.74, 6) is -1.19. The van der Waals surface area contributed by atoms with Gasteiger partial charge in [-0.3, -0.25) is 42.9 Å². The molecule has 5 aliphatic carbocycles. The van der Waals surface area contributed by atoms with Crippen LogP contribution in [0.15, 0.2) is 144 Å². The number of hydrogen-bond acceptors (Lipinski definition) is 14. The Bertz CT molecular complexity index is 3250. The van der Waals surface area contributed by atoms with Crippen molar-refractivity contribution in [3.05, 3.63) is 189 Å². The zero-order valence-electron chi connectivity index (χ0n) is 52.7. The minimum Gasteiger partial charge on any atom is -1.00 e. The molecule has 5 aromatic carbocycles. The number of Topliss-reactive ketones (excluding diaryl/α,β-unsaturated/α-hetero) is 2. The number of aryl methyl sites for hydroxylation is 2. The van der Waals surface area contributed by atoms with E-state index in [0.717, 1.165) is 80.0 Å². The van der Waals surface area contributed by atoms with Gasteiger partial charge in [-0.05, 0) is 162 Å². The number of phenolic OH excluding ortho intramolecular Hbond substituents is 1. The molecular formula is C69H80FK2N3O14. The Morgan fingerprint density at radius 3 is 1.56 bits per heavy atom. The quantitative estimate of drug-likeness (QED) is 0.0200. The van der Waals surface area contributed by atoms with Crippen molar-refractivity contribution in [2.75, 3.05) is 6.54 Å². The standard InChI is InChI=1S/C22H21FN2O2.C15H19NO2.C14H16O3.C12H14O2.C5H8O2.CH2O3.2K.H/c1-14-19(16-10-11-16)22(27)25(13-12-15-6-3-2-4-7-15)21(24-14)17-8-5-9-18(23)20(17)26;1-11(17)14(13-7-8-13)15(18)16-10-9-12-5-3-2-4-6-12;1-10(15)13(12-7-8-12)14(16)17-9-11-5-3-2-4-6-11;13-12(8-10-6-7-10)14-9-11-4-2-1-3-5-11;6-5(7)3-4-1-2-4;2-1-4-3;;;/h2-9,16,26H,10-13H2,1H3;2-6,13-14H,7-10H2,1H3,(H,16,18);2-6,12-13H,7-9H2,1H3;1-5,10H,6-9H2;4H,1-3H2,(H,6,7);1,3H;;;/q;;;;;;2*+1;-1/p-1. The number of carbonyl (C=O) groups is 7. The van der Waals surface area contributed by atoms with Gasteiger partial charge in [0.25, 0.3) is 12.0 Å². The number of halogens is 1. The summed E-state index contributed by atoms with van der Waals surface area (Å²) in [7, 11) is 0. The number of aromatic nitrogens is 2. The molecule has 0 spiro atoms. The number of para-hydroxylation sites is 1. The third-order valence-corrected chi connectivity index (χ3v) is 15.0. The van der Waals surface area contributed by atoms with E-state index in [1.165, 1.54) is 44.4 Å². The molecule has 6 aromatic rings. The van der Waals surface area contributed by atoms with Gasteiger partial charge in [-0.25, -0.2) is 9.37 Å². The topological polar surface area (TPSA) is 258 Å². The number of rotatable bonds is 23. The van der Waals surface area contributed by atoms with Crippen LogP contribution in [0.3, 0.4) is 0 Å². The first-order valence-electron chi connectivity index (χ1n) is 29.8. The molecule has 2 unspecified atom stereocenters. The number of esters is 2. The molecule has 3 N–H and O–H groups in total. The maximum absolute atomic E-state index is 13.9. The zero-order chi connectivity index (χ0) is 62.7. The van der Waals surface area contributed by atoms with Crippen LogP contribution in [0.5, 0.6) is 5.75 Å². The van der Waals surface area contributed by atoms with Crippen LogP contribution < -0.4 is 119 Å². The van der Waals surface area contributed by atoms with E-state index >= 15 is 0 Å². The van der Waals surface area contributed by atoms with Crippen LogP contribution in [0.2, 0.25) is 0 Å². The average Bonchev–Trinajstić information content (AvgIpc) is 1.80. The molecule has 5 saturated carbocycles. The number of carboxylic acid groups (broad SMARTS) is 1. The predicted octanol–water partition coefficient (Wildman–Crippen LogP) is 4.45. The third-order valence-electron chi connectivity index (χ3n) is 15.0. The van der Waals surface area contributed by atoms with Gasteiger partial charge in [-0.1, -0.05) is 127 Å². The number of ether oxygens (including phenoxy) is 2. The van der Waals surface area contributed by atoms with E-state index in [-0.39, 0.29) is 170 Å². The Balaban J connectivity index is 0.000000300. The maximum atomic E-state index is 13.9. The number of nitrogens with zero attached hydrogens (tertiary/aromatic N) is 2. The number of hydrogen-bond donors (Lipinski definition) is 3. The number of amides is 1. The first kappa shape index (κ1) is 76.1.